The van der Waals surface area contributed by atoms with Crippen LogP contribution in [0.5, 0.6) is 0 Å². The van der Waals surface area contributed by atoms with Crippen LogP contribution >= 0.6 is 0 Å². The summed E-state index contributed by atoms with van der Waals surface area (Å²) in [5, 5.41) is 5.39. The molecule has 2 atom stereocenters. The van der Waals surface area contributed by atoms with Crippen LogP contribution in [0.3, 0.4) is 0 Å². The van der Waals surface area contributed by atoms with E-state index in [0.717, 1.165) is 5.56 Å². The number of nitrogens with one attached hydrogen (secondary N) is 2. The molecule has 1 aromatic carbocycles. The van der Waals surface area contributed by atoms with Gasteiger partial charge in [0.15, 0.2) is 0 Å². The molecule has 30 heavy (non-hydrogen) atoms. The second-order valence-corrected chi connectivity index (χ2v) is 8.95. The molecule has 1 aromatic rings. The average molecular weight is 421 g/mol. The summed E-state index contributed by atoms with van der Waals surface area (Å²) in [6, 6.07) is 9.47. The summed E-state index contributed by atoms with van der Waals surface area (Å²) in [5.41, 5.74) is 0.319. The van der Waals surface area contributed by atoms with Crippen molar-refractivity contribution in [3.8, 4) is 0 Å². The minimum atomic E-state index is -0.597. The van der Waals surface area contributed by atoms with Crippen molar-refractivity contribution in [2.45, 2.75) is 60.2 Å². The maximum absolute atomic E-state index is 12.5. The Hall–Kier alpha value is -2.57. The van der Waals surface area contributed by atoms with Crippen LogP contribution in [0.4, 0.5) is 4.79 Å². The van der Waals surface area contributed by atoms with E-state index in [1.807, 2.05) is 44.2 Å². The van der Waals surface area contributed by atoms with Crippen LogP contribution in [-0.2, 0) is 25.7 Å². The first-order valence-electron chi connectivity index (χ1n) is 10.4. The molecular weight excluding hydrogens is 384 g/mol. The van der Waals surface area contributed by atoms with Crippen LogP contribution in [0.25, 0.3) is 0 Å². The van der Waals surface area contributed by atoms with Gasteiger partial charge in [-0.1, -0.05) is 51.1 Å². The fraction of sp³-hybridized carbons (Fsp3) is 0.609. The Bertz CT molecular complexity index is 683. The van der Waals surface area contributed by atoms with Crippen molar-refractivity contribution < 1.29 is 23.9 Å². The van der Waals surface area contributed by atoms with E-state index in [4.69, 9.17) is 9.47 Å². The SMILES string of the molecule is CC(C)C[C@H](CNC(=O)[C@H](C)CNC(=O)OC(C)(C)C)C(=O)OCc1ccccc1. The average Bonchev–Trinajstić information content (AvgIpc) is 2.66. The lowest BCUT2D eigenvalue weighted by Gasteiger charge is -2.21. The van der Waals surface area contributed by atoms with Gasteiger partial charge in [0.2, 0.25) is 5.91 Å². The Balaban J connectivity index is 2.50. The summed E-state index contributed by atoms with van der Waals surface area (Å²) in [5.74, 6) is -1.17. The summed E-state index contributed by atoms with van der Waals surface area (Å²) in [6.45, 7) is 11.6. The monoisotopic (exact) mass is 420 g/mol. The van der Waals surface area contributed by atoms with Gasteiger partial charge in [0.25, 0.3) is 0 Å². The maximum Gasteiger partial charge on any atom is 0.407 e. The van der Waals surface area contributed by atoms with Crippen molar-refractivity contribution in [2.24, 2.45) is 17.8 Å². The van der Waals surface area contributed by atoms with Crippen LogP contribution < -0.4 is 10.6 Å². The molecule has 0 radical (unpaired) electrons. The van der Waals surface area contributed by atoms with E-state index < -0.39 is 23.5 Å². The molecule has 0 aliphatic carbocycles. The fourth-order valence-electron chi connectivity index (χ4n) is 2.72. The first-order chi connectivity index (χ1) is 14.0. The van der Waals surface area contributed by atoms with Crippen LogP contribution in [-0.4, -0.2) is 36.7 Å². The quantitative estimate of drug-likeness (QED) is 0.563. The molecule has 0 aromatic heterocycles. The summed E-state index contributed by atoms with van der Waals surface area (Å²) >= 11 is 0. The van der Waals surface area contributed by atoms with Gasteiger partial charge in [-0.15, -0.1) is 0 Å². The molecule has 7 nitrogen and oxygen atoms in total. The molecule has 2 amide bonds. The van der Waals surface area contributed by atoms with Gasteiger partial charge < -0.3 is 20.1 Å². The van der Waals surface area contributed by atoms with E-state index >= 15 is 0 Å². The van der Waals surface area contributed by atoms with Gasteiger partial charge >= 0.3 is 12.1 Å². The maximum atomic E-state index is 12.5. The van der Waals surface area contributed by atoms with Crippen LogP contribution in [0, 0.1) is 17.8 Å². The summed E-state index contributed by atoms with van der Waals surface area (Å²) in [6.07, 6.45) is 0.0441. The van der Waals surface area contributed by atoms with E-state index in [-0.39, 0.29) is 37.5 Å². The zero-order valence-corrected chi connectivity index (χ0v) is 19.0. The Morgan fingerprint density at radius 3 is 2.17 bits per heavy atom. The first-order valence-corrected chi connectivity index (χ1v) is 10.4. The minimum absolute atomic E-state index is 0.147. The molecular formula is C23H36N2O5. The fourth-order valence-corrected chi connectivity index (χ4v) is 2.72. The third kappa shape index (κ3) is 10.8. The number of rotatable bonds is 10. The predicted molar refractivity (Wildman–Crippen MR) is 116 cm³/mol. The largest absolute Gasteiger partial charge is 0.461 e. The third-order valence-corrected chi connectivity index (χ3v) is 4.23. The molecule has 0 heterocycles. The number of carbonyl (C=O) groups is 3. The molecule has 7 heteroatoms. The molecule has 0 aliphatic rings. The number of alkyl carbamates (subject to hydrolysis) is 1. The molecule has 0 saturated heterocycles. The highest BCUT2D eigenvalue weighted by molar-refractivity contribution is 5.80. The van der Waals surface area contributed by atoms with Gasteiger partial charge in [0.05, 0.1) is 11.8 Å². The van der Waals surface area contributed by atoms with Crippen LogP contribution in [0.2, 0.25) is 0 Å². The Kier molecular flexibility index (Phi) is 10.4. The van der Waals surface area contributed by atoms with Crippen molar-refractivity contribution >= 4 is 18.0 Å². The van der Waals surface area contributed by atoms with E-state index in [2.05, 4.69) is 10.6 Å². The van der Waals surface area contributed by atoms with Crippen molar-refractivity contribution in [3.63, 3.8) is 0 Å². The standard InChI is InChI=1S/C23H36N2O5/c1-16(2)12-19(21(27)29-15-18-10-8-7-9-11-18)14-24-20(26)17(3)13-25-22(28)30-23(4,5)6/h7-11,16-17,19H,12-15H2,1-6H3,(H,24,26)(H,25,28)/t17-,19-/m1/s1. The summed E-state index contributed by atoms with van der Waals surface area (Å²) in [7, 11) is 0. The Morgan fingerprint density at radius 1 is 0.967 bits per heavy atom. The molecule has 168 valence electrons. The van der Waals surface area contributed by atoms with Crippen LogP contribution in [0.1, 0.15) is 53.5 Å². The molecule has 0 saturated carbocycles. The molecule has 0 fully saturated rings. The number of hydrogen-bond donors (Lipinski definition) is 2. The lowest BCUT2D eigenvalue weighted by molar-refractivity contribution is -0.150. The van der Waals surface area contributed by atoms with Gasteiger partial charge in [0.1, 0.15) is 12.2 Å². The van der Waals surface area contributed by atoms with Gasteiger partial charge in [-0.3, -0.25) is 9.59 Å². The molecule has 0 spiro atoms. The molecule has 0 unspecified atom stereocenters. The van der Waals surface area contributed by atoms with Gasteiger partial charge in [-0.2, -0.15) is 0 Å². The topological polar surface area (TPSA) is 93.7 Å². The number of benzene rings is 1. The predicted octanol–water partition coefficient (Wildman–Crippen LogP) is 3.67. The summed E-state index contributed by atoms with van der Waals surface area (Å²) < 4.78 is 10.6. The number of amides is 2. The normalized spacial score (nSPS) is 13.3. The third-order valence-electron chi connectivity index (χ3n) is 4.23. The van der Waals surface area contributed by atoms with Crippen molar-refractivity contribution in [3.05, 3.63) is 35.9 Å². The summed E-state index contributed by atoms with van der Waals surface area (Å²) in [4.78, 5) is 36.6. The van der Waals surface area contributed by atoms with E-state index in [1.54, 1.807) is 27.7 Å². The lowest BCUT2D eigenvalue weighted by Crippen LogP contribution is -2.42. The first kappa shape index (κ1) is 25.5. The Morgan fingerprint density at radius 2 is 1.60 bits per heavy atom. The highest BCUT2D eigenvalue weighted by atomic mass is 16.6. The number of ether oxygens (including phenoxy) is 2. The number of esters is 1. The second-order valence-electron chi connectivity index (χ2n) is 8.95. The van der Waals surface area contributed by atoms with Crippen molar-refractivity contribution in [2.75, 3.05) is 13.1 Å². The number of carbonyl (C=O) groups excluding carboxylic acids is 3. The minimum Gasteiger partial charge on any atom is -0.461 e. The highest BCUT2D eigenvalue weighted by Crippen LogP contribution is 2.14. The van der Waals surface area contributed by atoms with E-state index in [1.165, 1.54) is 0 Å². The molecule has 1 rings (SSSR count). The highest BCUT2D eigenvalue weighted by Gasteiger charge is 2.24. The van der Waals surface area contributed by atoms with Crippen molar-refractivity contribution in [1.29, 1.82) is 0 Å². The molecule has 0 aliphatic heterocycles. The lowest BCUT2D eigenvalue weighted by atomic mass is 9.97. The number of hydrogen-bond acceptors (Lipinski definition) is 5. The zero-order valence-electron chi connectivity index (χ0n) is 19.0. The van der Waals surface area contributed by atoms with Gasteiger partial charge in [0, 0.05) is 13.1 Å². The Labute approximate surface area is 179 Å². The molecule has 0 bridgehead atoms. The molecule has 2 N–H and O–H groups in total. The second kappa shape index (κ2) is 12.2. The van der Waals surface area contributed by atoms with Crippen molar-refractivity contribution in [1.82, 2.24) is 10.6 Å². The van der Waals surface area contributed by atoms with E-state index in [0.29, 0.717) is 6.42 Å². The van der Waals surface area contributed by atoms with Gasteiger partial charge in [-0.25, -0.2) is 4.79 Å². The van der Waals surface area contributed by atoms with Crippen LogP contribution in [0.15, 0.2) is 30.3 Å². The zero-order chi connectivity index (χ0) is 22.7. The smallest absolute Gasteiger partial charge is 0.407 e. The van der Waals surface area contributed by atoms with E-state index in [9.17, 15) is 14.4 Å². The van der Waals surface area contributed by atoms with Gasteiger partial charge in [-0.05, 0) is 38.7 Å².